The Balaban J connectivity index is 1.41. The number of carboxylic acid groups (broad SMARTS) is 1. The van der Waals surface area contributed by atoms with Crippen molar-refractivity contribution < 1.29 is 19.1 Å². The van der Waals surface area contributed by atoms with Gasteiger partial charge in [-0.1, -0.05) is 0 Å². The van der Waals surface area contributed by atoms with Crippen LogP contribution in [-0.2, 0) is 11.3 Å². The summed E-state index contributed by atoms with van der Waals surface area (Å²) in [5.74, 6) is 3.00. The Kier molecular flexibility index (Phi) is 3.47. The minimum absolute atomic E-state index is 0.129. The van der Waals surface area contributed by atoms with Crippen LogP contribution >= 0.6 is 0 Å². The Morgan fingerprint density at radius 3 is 2.30 bits per heavy atom. The molecule has 1 aromatic rings. The topological polar surface area (TPSA) is 79.5 Å². The van der Waals surface area contributed by atoms with Crippen molar-refractivity contribution in [3.8, 4) is 0 Å². The van der Waals surface area contributed by atoms with Gasteiger partial charge in [-0.3, -0.25) is 4.79 Å². The summed E-state index contributed by atoms with van der Waals surface area (Å²) in [6, 6.07) is 1.51. The van der Waals surface area contributed by atoms with Gasteiger partial charge >= 0.3 is 5.97 Å². The van der Waals surface area contributed by atoms with Crippen LogP contribution in [0.1, 0.15) is 54.0 Å². The van der Waals surface area contributed by atoms with Gasteiger partial charge in [-0.2, -0.15) is 0 Å². The van der Waals surface area contributed by atoms with Gasteiger partial charge < -0.3 is 14.8 Å². The maximum absolute atomic E-state index is 12.7. The number of carboxylic acids is 1. The minimum Gasteiger partial charge on any atom is -0.478 e. The van der Waals surface area contributed by atoms with Gasteiger partial charge in [0.15, 0.2) is 0 Å². The SMILES string of the molecule is Cc1oc(CNC(=O)C2C3CC4CC(C3)CC2C4)cc1C(=O)O. The molecule has 0 radical (unpaired) electrons. The van der Waals surface area contributed by atoms with Crippen molar-refractivity contribution in [2.24, 2.45) is 29.6 Å². The van der Waals surface area contributed by atoms with E-state index in [4.69, 9.17) is 9.52 Å². The highest BCUT2D eigenvalue weighted by atomic mass is 16.4. The minimum atomic E-state index is -0.995. The summed E-state index contributed by atoms with van der Waals surface area (Å²) in [5.41, 5.74) is 0.170. The van der Waals surface area contributed by atoms with Crippen LogP contribution in [0.4, 0.5) is 0 Å². The first kappa shape index (κ1) is 14.8. The molecule has 0 atom stereocenters. The molecule has 5 nitrogen and oxygen atoms in total. The third kappa shape index (κ3) is 2.56. The van der Waals surface area contributed by atoms with E-state index < -0.39 is 5.97 Å². The molecule has 1 aromatic heterocycles. The van der Waals surface area contributed by atoms with Crippen LogP contribution in [0.5, 0.6) is 0 Å². The summed E-state index contributed by atoms with van der Waals surface area (Å²) in [6.07, 6.45) is 6.25. The van der Waals surface area contributed by atoms with Crippen LogP contribution in [0.15, 0.2) is 10.5 Å². The first-order valence-electron chi connectivity index (χ1n) is 8.61. The predicted molar refractivity (Wildman–Crippen MR) is 82.8 cm³/mol. The molecular weight excluding hydrogens is 294 g/mol. The largest absolute Gasteiger partial charge is 0.478 e. The fraction of sp³-hybridized carbons (Fsp3) is 0.667. The molecule has 124 valence electrons. The number of hydrogen-bond acceptors (Lipinski definition) is 3. The van der Waals surface area contributed by atoms with E-state index in [0.717, 1.165) is 11.8 Å². The van der Waals surface area contributed by atoms with Crippen molar-refractivity contribution in [3.63, 3.8) is 0 Å². The molecule has 4 fully saturated rings. The molecule has 23 heavy (non-hydrogen) atoms. The van der Waals surface area contributed by atoms with Crippen molar-refractivity contribution in [3.05, 3.63) is 23.2 Å². The second-order valence-electron chi connectivity index (χ2n) is 7.66. The van der Waals surface area contributed by atoms with E-state index in [2.05, 4.69) is 5.32 Å². The smallest absolute Gasteiger partial charge is 0.339 e. The van der Waals surface area contributed by atoms with Gasteiger partial charge in [-0.05, 0) is 68.8 Å². The number of rotatable bonds is 4. The highest BCUT2D eigenvalue weighted by molar-refractivity contribution is 5.88. The third-order valence-electron chi connectivity index (χ3n) is 6.17. The maximum atomic E-state index is 12.7. The van der Waals surface area contributed by atoms with Gasteiger partial charge in [-0.25, -0.2) is 4.79 Å². The fourth-order valence-corrected chi connectivity index (χ4v) is 5.49. The summed E-state index contributed by atoms with van der Waals surface area (Å²) < 4.78 is 5.44. The van der Waals surface area contributed by atoms with Gasteiger partial charge in [0.2, 0.25) is 5.91 Å². The van der Waals surface area contributed by atoms with E-state index in [1.807, 2.05) is 0 Å². The molecule has 4 saturated carbocycles. The average molecular weight is 317 g/mol. The van der Waals surface area contributed by atoms with Crippen LogP contribution in [0.2, 0.25) is 0 Å². The Morgan fingerprint density at radius 2 is 1.78 bits per heavy atom. The Labute approximate surface area is 135 Å². The molecule has 0 spiro atoms. The van der Waals surface area contributed by atoms with Crippen LogP contribution in [0.25, 0.3) is 0 Å². The number of amides is 1. The normalized spacial score (nSPS) is 34.6. The Bertz CT molecular complexity index is 619. The van der Waals surface area contributed by atoms with Gasteiger partial charge in [0, 0.05) is 5.92 Å². The van der Waals surface area contributed by atoms with Gasteiger partial charge in [0.05, 0.1) is 6.54 Å². The van der Waals surface area contributed by atoms with E-state index in [1.54, 1.807) is 6.92 Å². The molecule has 4 bridgehead atoms. The van der Waals surface area contributed by atoms with Crippen LogP contribution in [0.3, 0.4) is 0 Å². The number of aryl methyl sites for hydroxylation is 1. The number of nitrogens with one attached hydrogen (secondary N) is 1. The van der Waals surface area contributed by atoms with E-state index in [1.165, 1.54) is 38.2 Å². The summed E-state index contributed by atoms with van der Waals surface area (Å²) in [5, 5.41) is 12.0. The highest BCUT2D eigenvalue weighted by Crippen LogP contribution is 2.56. The van der Waals surface area contributed by atoms with E-state index in [-0.39, 0.29) is 23.9 Å². The number of carbonyl (C=O) groups is 2. The average Bonchev–Trinajstić information content (AvgIpc) is 2.85. The van der Waals surface area contributed by atoms with E-state index >= 15 is 0 Å². The molecule has 1 heterocycles. The molecule has 4 aliphatic carbocycles. The van der Waals surface area contributed by atoms with Crippen LogP contribution < -0.4 is 5.32 Å². The molecule has 1 amide bonds. The third-order valence-corrected chi connectivity index (χ3v) is 6.17. The van der Waals surface area contributed by atoms with Crippen molar-refractivity contribution in [1.82, 2.24) is 5.32 Å². The second-order valence-corrected chi connectivity index (χ2v) is 7.66. The van der Waals surface area contributed by atoms with Crippen LogP contribution in [0, 0.1) is 36.5 Å². The molecular formula is C18H23NO4. The Morgan fingerprint density at radius 1 is 1.17 bits per heavy atom. The number of aromatic carboxylic acids is 1. The quantitative estimate of drug-likeness (QED) is 0.894. The summed E-state index contributed by atoms with van der Waals surface area (Å²) in [7, 11) is 0. The van der Waals surface area contributed by atoms with Crippen molar-refractivity contribution in [1.29, 1.82) is 0 Å². The summed E-state index contributed by atoms with van der Waals surface area (Å²) in [4.78, 5) is 23.7. The zero-order valence-corrected chi connectivity index (χ0v) is 13.4. The second kappa shape index (κ2) is 5.39. The lowest BCUT2D eigenvalue weighted by Crippen LogP contribution is -2.50. The van der Waals surface area contributed by atoms with Crippen LogP contribution in [-0.4, -0.2) is 17.0 Å². The van der Waals surface area contributed by atoms with Crippen molar-refractivity contribution in [2.45, 2.75) is 45.6 Å². The molecule has 5 rings (SSSR count). The Hall–Kier alpha value is -1.78. The van der Waals surface area contributed by atoms with Crippen molar-refractivity contribution >= 4 is 11.9 Å². The van der Waals surface area contributed by atoms with Gasteiger partial charge in [0.25, 0.3) is 0 Å². The molecule has 0 unspecified atom stereocenters. The number of carbonyl (C=O) groups excluding carboxylic acids is 1. The number of furan rings is 1. The predicted octanol–water partition coefficient (Wildman–Crippen LogP) is 2.97. The molecule has 0 aliphatic heterocycles. The fourth-order valence-electron chi connectivity index (χ4n) is 5.49. The monoisotopic (exact) mass is 317 g/mol. The van der Waals surface area contributed by atoms with Gasteiger partial charge in [-0.15, -0.1) is 0 Å². The molecule has 5 heteroatoms. The molecule has 4 aliphatic rings. The lowest BCUT2D eigenvalue weighted by atomic mass is 9.51. The van der Waals surface area contributed by atoms with Crippen molar-refractivity contribution in [2.75, 3.05) is 0 Å². The first-order chi connectivity index (χ1) is 11.0. The molecule has 2 N–H and O–H groups in total. The first-order valence-corrected chi connectivity index (χ1v) is 8.61. The van der Waals surface area contributed by atoms with Gasteiger partial charge in [0.1, 0.15) is 17.1 Å². The highest BCUT2D eigenvalue weighted by Gasteiger charge is 2.50. The maximum Gasteiger partial charge on any atom is 0.339 e. The summed E-state index contributed by atoms with van der Waals surface area (Å²) >= 11 is 0. The summed E-state index contributed by atoms with van der Waals surface area (Å²) in [6.45, 7) is 1.91. The standard InChI is InChI=1S/C18H23NO4/c1-9-15(18(21)22)7-14(23-9)8-19-17(20)16-12-3-10-2-11(5-12)6-13(16)4-10/h7,10-13,16H,2-6,8H2,1H3,(H,19,20)(H,21,22). The number of hydrogen-bond donors (Lipinski definition) is 2. The lowest BCUT2D eigenvalue weighted by Gasteiger charge is -2.53. The van der Waals surface area contributed by atoms with E-state index in [9.17, 15) is 9.59 Å². The zero-order chi connectivity index (χ0) is 16.1. The molecule has 0 aromatic carbocycles. The lowest BCUT2D eigenvalue weighted by molar-refractivity contribution is -0.138. The molecule has 0 saturated heterocycles. The zero-order valence-electron chi connectivity index (χ0n) is 13.4. The van der Waals surface area contributed by atoms with E-state index in [0.29, 0.717) is 23.4 Å².